The lowest BCUT2D eigenvalue weighted by Gasteiger charge is -2.34. The molecule has 0 aromatic carbocycles. The van der Waals surface area contributed by atoms with Gasteiger partial charge in [0.05, 0.1) is 5.69 Å². The van der Waals surface area contributed by atoms with E-state index in [-0.39, 0.29) is 11.8 Å². The smallest absolute Gasteiger partial charge is 0.329 e. The molecule has 0 unspecified atom stereocenters. The molecular formula is C15H25N3O3. The first-order valence-electron chi connectivity index (χ1n) is 7.29. The van der Waals surface area contributed by atoms with Crippen molar-refractivity contribution in [3.05, 3.63) is 17.5 Å². The lowest BCUT2D eigenvalue weighted by atomic mass is 10.0. The molecule has 1 rings (SSSR count). The first-order chi connectivity index (χ1) is 9.66. The number of amides is 1. The SMILES string of the molecule is CCN(C(=O)c1cc(C(C)C)nn1CC)C(C)(C)C(=O)O. The number of carboxylic acid groups (broad SMARTS) is 1. The lowest BCUT2D eigenvalue weighted by molar-refractivity contribution is -0.147. The summed E-state index contributed by atoms with van der Waals surface area (Å²) in [7, 11) is 0. The number of carboxylic acids is 1. The number of carbonyl (C=O) groups excluding carboxylic acids is 1. The molecule has 21 heavy (non-hydrogen) atoms. The maximum absolute atomic E-state index is 12.7. The van der Waals surface area contributed by atoms with Crippen molar-refractivity contribution in [3.63, 3.8) is 0 Å². The van der Waals surface area contributed by atoms with Gasteiger partial charge < -0.3 is 10.0 Å². The van der Waals surface area contributed by atoms with Crippen molar-refractivity contribution in [2.24, 2.45) is 0 Å². The Hall–Kier alpha value is -1.85. The van der Waals surface area contributed by atoms with Gasteiger partial charge in [-0.2, -0.15) is 5.10 Å². The van der Waals surface area contributed by atoms with Gasteiger partial charge in [-0.25, -0.2) is 4.79 Å². The third-order valence-electron chi connectivity index (χ3n) is 3.67. The minimum atomic E-state index is -1.26. The fourth-order valence-electron chi connectivity index (χ4n) is 2.18. The highest BCUT2D eigenvalue weighted by Crippen LogP contribution is 2.21. The Morgan fingerprint density at radius 1 is 1.38 bits per heavy atom. The Labute approximate surface area is 125 Å². The van der Waals surface area contributed by atoms with Crippen LogP contribution >= 0.6 is 0 Å². The number of hydrogen-bond acceptors (Lipinski definition) is 3. The van der Waals surface area contributed by atoms with Crippen molar-refractivity contribution in [3.8, 4) is 0 Å². The van der Waals surface area contributed by atoms with Crippen LogP contribution in [0.4, 0.5) is 0 Å². The highest BCUT2D eigenvalue weighted by atomic mass is 16.4. The maximum atomic E-state index is 12.7. The molecule has 0 bridgehead atoms. The zero-order valence-corrected chi connectivity index (χ0v) is 13.7. The standard InChI is InChI=1S/C15H25N3O3/c1-7-17(15(5,6)14(20)21)13(19)12-9-11(10(3)4)16-18(12)8-2/h9-10H,7-8H2,1-6H3,(H,20,21). The van der Waals surface area contributed by atoms with Crippen LogP contribution < -0.4 is 0 Å². The normalized spacial score (nSPS) is 11.8. The number of aliphatic carboxylic acids is 1. The average Bonchev–Trinajstić information content (AvgIpc) is 2.83. The molecule has 0 aliphatic heterocycles. The van der Waals surface area contributed by atoms with Crippen LogP contribution in [0.3, 0.4) is 0 Å². The Kier molecular flexibility index (Phi) is 5.15. The molecule has 0 aliphatic rings. The second-order valence-electron chi connectivity index (χ2n) is 5.84. The molecule has 0 fully saturated rings. The van der Waals surface area contributed by atoms with E-state index in [2.05, 4.69) is 5.10 Å². The van der Waals surface area contributed by atoms with Crippen LogP contribution in [0.2, 0.25) is 0 Å². The molecule has 1 heterocycles. The molecule has 1 aromatic heterocycles. The van der Waals surface area contributed by atoms with Gasteiger partial charge in [-0.3, -0.25) is 9.48 Å². The molecule has 1 aromatic rings. The first kappa shape index (κ1) is 17.2. The summed E-state index contributed by atoms with van der Waals surface area (Å²) >= 11 is 0. The Morgan fingerprint density at radius 3 is 2.33 bits per heavy atom. The quantitative estimate of drug-likeness (QED) is 0.874. The van der Waals surface area contributed by atoms with Gasteiger partial charge in [0.15, 0.2) is 0 Å². The predicted octanol–water partition coefficient (Wildman–Crippen LogP) is 2.35. The fourth-order valence-corrected chi connectivity index (χ4v) is 2.18. The second-order valence-corrected chi connectivity index (χ2v) is 5.84. The third-order valence-corrected chi connectivity index (χ3v) is 3.67. The topological polar surface area (TPSA) is 75.4 Å². The highest BCUT2D eigenvalue weighted by molar-refractivity contribution is 5.96. The van der Waals surface area contributed by atoms with Crippen molar-refractivity contribution < 1.29 is 14.7 Å². The monoisotopic (exact) mass is 295 g/mol. The van der Waals surface area contributed by atoms with Crippen molar-refractivity contribution in [2.45, 2.75) is 59.5 Å². The van der Waals surface area contributed by atoms with E-state index in [0.29, 0.717) is 18.8 Å². The van der Waals surface area contributed by atoms with Gasteiger partial charge >= 0.3 is 5.97 Å². The van der Waals surface area contributed by atoms with Crippen LogP contribution in [0.15, 0.2) is 6.07 Å². The molecule has 1 N–H and O–H groups in total. The average molecular weight is 295 g/mol. The number of nitrogens with zero attached hydrogens (tertiary/aromatic N) is 3. The maximum Gasteiger partial charge on any atom is 0.329 e. The summed E-state index contributed by atoms with van der Waals surface area (Å²) in [4.78, 5) is 25.5. The molecule has 6 heteroatoms. The summed E-state index contributed by atoms with van der Waals surface area (Å²) in [6.45, 7) is 11.7. The molecular weight excluding hydrogens is 270 g/mol. The Bertz CT molecular complexity index is 532. The number of hydrogen-bond donors (Lipinski definition) is 1. The molecule has 0 saturated carbocycles. The van der Waals surface area contributed by atoms with Gasteiger partial charge in [-0.05, 0) is 39.7 Å². The van der Waals surface area contributed by atoms with Crippen LogP contribution in [0.25, 0.3) is 0 Å². The van der Waals surface area contributed by atoms with Gasteiger partial charge in [-0.15, -0.1) is 0 Å². The Morgan fingerprint density at radius 2 is 1.95 bits per heavy atom. The molecule has 0 saturated heterocycles. The van der Waals surface area contributed by atoms with E-state index in [1.165, 1.54) is 18.7 Å². The van der Waals surface area contributed by atoms with E-state index >= 15 is 0 Å². The molecule has 118 valence electrons. The third kappa shape index (κ3) is 3.25. The van der Waals surface area contributed by atoms with Crippen molar-refractivity contribution in [1.29, 1.82) is 0 Å². The van der Waals surface area contributed by atoms with Crippen LogP contribution in [0.1, 0.15) is 63.6 Å². The van der Waals surface area contributed by atoms with Crippen LogP contribution in [0, 0.1) is 0 Å². The number of aryl methyl sites for hydroxylation is 1. The molecule has 6 nitrogen and oxygen atoms in total. The summed E-state index contributed by atoms with van der Waals surface area (Å²) in [6.07, 6.45) is 0. The summed E-state index contributed by atoms with van der Waals surface area (Å²) in [6, 6.07) is 1.76. The largest absolute Gasteiger partial charge is 0.480 e. The number of carbonyl (C=O) groups is 2. The molecule has 0 radical (unpaired) electrons. The highest BCUT2D eigenvalue weighted by Gasteiger charge is 2.38. The fraction of sp³-hybridized carbons (Fsp3) is 0.667. The molecule has 0 spiro atoms. The number of rotatable bonds is 6. The van der Waals surface area contributed by atoms with E-state index in [1.807, 2.05) is 20.8 Å². The Balaban J connectivity index is 3.25. The summed E-state index contributed by atoms with van der Waals surface area (Å²) in [5, 5.41) is 13.8. The summed E-state index contributed by atoms with van der Waals surface area (Å²) in [5.74, 6) is -1.11. The lowest BCUT2D eigenvalue weighted by Crippen LogP contribution is -2.53. The minimum absolute atomic E-state index is 0.215. The zero-order chi connectivity index (χ0) is 16.4. The van der Waals surface area contributed by atoms with Crippen LogP contribution in [-0.2, 0) is 11.3 Å². The second kappa shape index (κ2) is 6.28. The van der Waals surface area contributed by atoms with E-state index in [9.17, 15) is 14.7 Å². The first-order valence-corrected chi connectivity index (χ1v) is 7.29. The number of aromatic nitrogens is 2. The van der Waals surface area contributed by atoms with Crippen molar-refractivity contribution in [1.82, 2.24) is 14.7 Å². The summed E-state index contributed by atoms with van der Waals surface area (Å²) in [5.41, 5.74) is 0.0221. The molecule has 0 aliphatic carbocycles. The van der Waals surface area contributed by atoms with Gasteiger partial charge in [0, 0.05) is 13.1 Å². The van der Waals surface area contributed by atoms with Crippen LogP contribution in [0.5, 0.6) is 0 Å². The van der Waals surface area contributed by atoms with Crippen molar-refractivity contribution in [2.75, 3.05) is 6.54 Å². The van der Waals surface area contributed by atoms with E-state index in [1.54, 1.807) is 17.7 Å². The van der Waals surface area contributed by atoms with E-state index in [4.69, 9.17) is 0 Å². The van der Waals surface area contributed by atoms with Crippen LogP contribution in [-0.4, -0.2) is 43.7 Å². The van der Waals surface area contributed by atoms with Gasteiger partial charge in [-0.1, -0.05) is 13.8 Å². The van der Waals surface area contributed by atoms with Gasteiger partial charge in [0.1, 0.15) is 11.2 Å². The molecule has 1 amide bonds. The zero-order valence-electron chi connectivity index (χ0n) is 13.7. The molecule has 0 atom stereocenters. The predicted molar refractivity (Wildman–Crippen MR) is 80.4 cm³/mol. The minimum Gasteiger partial charge on any atom is -0.480 e. The van der Waals surface area contributed by atoms with Crippen molar-refractivity contribution >= 4 is 11.9 Å². The summed E-state index contributed by atoms with van der Waals surface area (Å²) < 4.78 is 1.64. The van der Waals surface area contributed by atoms with Gasteiger partial charge in [0.2, 0.25) is 0 Å². The van der Waals surface area contributed by atoms with E-state index in [0.717, 1.165) is 5.69 Å². The van der Waals surface area contributed by atoms with Gasteiger partial charge in [0.25, 0.3) is 5.91 Å². The van der Waals surface area contributed by atoms with E-state index < -0.39 is 11.5 Å². The number of likely N-dealkylation sites (N-methyl/N-ethyl adjacent to an activating group) is 1.